The van der Waals surface area contributed by atoms with Crippen molar-refractivity contribution in [2.75, 3.05) is 19.0 Å². The molecule has 2 rings (SSSR count). The van der Waals surface area contributed by atoms with Crippen LogP contribution in [0.1, 0.15) is 86.0 Å². The summed E-state index contributed by atoms with van der Waals surface area (Å²) in [6, 6.07) is 3.00. The van der Waals surface area contributed by atoms with Crippen LogP contribution in [0.15, 0.2) is 36.1 Å². The quantitative estimate of drug-likeness (QED) is 0.227. The number of amides is 2. The molecule has 0 aliphatic carbocycles. The lowest BCUT2D eigenvalue weighted by Crippen LogP contribution is -2.50. The number of carbonyl (C=O) groups excluding carboxylic acids is 1. The zero-order valence-electron chi connectivity index (χ0n) is 28.0. The van der Waals surface area contributed by atoms with Gasteiger partial charge in [-0.15, -0.1) is 0 Å². The van der Waals surface area contributed by atoms with Gasteiger partial charge in [-0.05, 0) is 59.7 Å². The predicted molar refractivity (Wildman–Crippen MR) is 177 cm³/mol. The van der Waals surface area contributed by atoms with Crippen LogP contribution < -0.4 is 14.5 Å². The smallest absolute Gasteiger partial charge is 0.409 e. The lowest BCUT2D eigenvalue weighted by molar-refractivity contribution is 0.0738. The fraction of sp³-hybridized carbons (Fsp3) is 0.625. The number of nitrogens with one attached hydrogen (secondary N) is 1. The number of carboxylic acid groups (broad SMARTS) is 1. The van der Waals surface area contributed by atoms with Crippen LogP contribution in [0.5, 0.6) is 11.5 Å². The first-order chi connectivity index (χ1) is 19.3. The van der Waals surface area contributed by atoms with Gasteiger partial charge in [0, 0.05) is 12.3 Å². The summed E-state index contributed by atoms with van der Waals surface area (Å²) < 4.78 is 19.2. The number of benzene rings is 1. The van der Waals surface area contributed by atoms with E-state index in [0.717, 1.165) is 5.57 Å². The van der Waals surface area contributed by atoms with Crippen LogP contribution in [0.2, 0.25) is 34.8 Å². The number of ether oxygens (including phenoxy) is 1. The number of rotatable bonds is 12. The molecule has 1 aliphatic heterocycles. The second kappa shape index (κ2) is 13.8. The topological polar surface area (TPSA) is 97.3 Å². The van der Waals surface area contributed by atoms with Crippen molar-refractivity contribution in [3.8, 4) is 11.5 Å². The van der Waals surface area contributed by atoms with E-state index >= 15 is 0 Å². The highest BCUT2D eigenvalue weighted by Gasteiger charge is 2.48. The van der Waals surface area contributed by atoms with E-state index in [-0.39, 0.29) is 28.2 Å². The molecule has 0 spiro atoms. The summed E-state index contributed by atoms with van der Waals surface area (Å²) in [5, 5.41) is 12.2. The number of hydrogen-bond donors (Lipinski definition) is 2. The Hall–Kier alpha value is -2.57. The molecule has 1 aromatic carbocycles. The average Bonchev–Trinajstić information content (AvgIpc) is 3.27. The zero-order valence-corrected chi connectivity index (χ0v) is 30.0. The molecule has 8 nitrogen and oxygen atoms in total. The van der Waals surface area contributed by atoms with Gasteiger partial charge >= 0.3 is 6.09 Å². The monoisotopic (exact) mass is 618 g/mol. The third kappa shape index (κ3) is 7.68. The highest BCUT2D eigenvalue weighted by atomic mass is 28.4. The molecule has 1 unspecified atom stereocenters. The molecule has 0 saturated carbocycles. The van der Waals surface area contributed by atoms with Crippen LogP contribution >= 0.6 is 0 Å². The van der Waals surface area contributed by atoms with Crippen molar-refractivity contribution in [1.82, 2.24) is 4.90 Å². The van der Waals surface area contributed by atoms with Gasteiger partial charge in [0.05, 0.1) is 31.0 Å². The van der Waals surface area contributed by atoms with Crippen LogP contribution in [0, 0.1) is 0 Å². The molecule has 10 heteroatoms. The Morgan fingerprint density at radius 1 is 1.07 bits per heavy atom. The van der Waals surface area contributed by atoms with Crippen molar-refractivity contribution < 1.29 is 28.3 Å². The van der Waals surface area contributed by atoms with Crippen molar-refractivity contribution in [3.05, 3.63) is 41.6 Å². The Balaban J connectivity index is 2.63. The molecule has 236 valence electrons. The SMILES string of the molecule is CC=CC1=CN(C(=O)c2cc(OC)c(O[Si](C(C)C)(C(C)C)C(C)C)cc2NC(=O)O)C(CO[Si](C)(C)C(C)(C)C)C1. The molecule has 0 aromatic heterocycles. The third-order valence-electron chi connectivity index (χ3n) is 9.00. The molecule has 1 aromatic rings. The molecule has 0 radical (unpaired) electrons. The van der Waals surface area contributed by atoms with Crippen LogP contribution in [0.4, 0.5) is 10.5 Å². The first kappa shape index (κ1) is 35.6. The van der Waals surface area contributed by atoms with E-state index in [1.165, 1.54) is 0 Å². The Kier molecular flexibility index (Phi) is 11.7. The normalized spacial score (nSPS) is 16.5. The summed E-state index contributed by atoms with van der Waals surface area (Å²) in [6.07, 6.45) is 5.18. The number of methoxy groups -OCH3 is 1. The molecule has 1 heterocycles. The van der Waals surface area contributed by atoms with Gasteiger partial charge in [-0.25, -0.2) is 4.79 Å². The predicted octanol–water partition coefficient (Wildman–Crippen LogP) is 9.04. The number of allylic oxidation sites excluding steroid dienone is 2. The largest absolute Gasteiger partial charge is 0.540 e. The molecule has 42 heavy (non-hydrogen) atoms. The summed E-state index contributed by atoms with van der Waals surface area (Å²) in [4.78, 5) is 27.8. The van der Waals surface area contributed by atoms with Gasteiger partial charge < -0.3 is 23.6 Å². The maximum atomic E-state index is 14.2. The van der Waals surface area contributed by atoms with Gasteiger partial charge in [0.2, 0.25) is 0 Å². The Morgan fingerprint density at radius 2 is 1.64 bits per heavy atom. The fourth-order valence-electron chi connectivity index (χ4n) is 5.79. The van der Waals surface area contributed by atoms with Crippen molar-refractivity contribution in [1.29, 1.82) is 0 Å². The van der Waals surface area contributed by atoms with Crippen molar-refractivity contribution in [3.63, 3.8) is 0 Å². The van der Waals surface area contributed by atoms with E-state index in [0.29, 0.717) is 41.2 Å². The Labute approximate surface area is 255 Å². The number of hydrogen-bond acceptors (Lipinski definition) is 5. The minimum atomic E-state index is -2.40. The minimum Gasteiger partial charge on any atom is -0.540 e. The van der Waals surface area contributed by atoms with Crippen LogP contribution in [0.3, 0.4) is 0 Å². The van der Waals surface area contributed by atoms with Gasteiger partial charge in [-0.1, -0.05) is 74.5 Å². The average molecular weight is 619 g/mol. The second-order valence-corrected chi connectivity index (χ2v) is 23.9. The molecule has 2 N–H and O–H groups in total. The molecular formula is C32H54N2O6Si2. The summed E-state index contributed by atoms with van der Waals surface area (Å²) in [6.45, 7) is 26.4. The summed E-state index contributed by atoms with van der Waals surface area (Å²) in [5.74, 6) is 0.524. The highest BCUT2D eigenvalue weighted by molar-refractivity contribution is 6.78. The summed E-state index contributed by atoms with van der Waals surface area (Å²) in [7, 11) is -2.93. The molecule has 0 saturated heterocycles. The van der Waals surface area contributed by atoms with Gasteiger partial charge in [0.1, 0.15) is 5.75 Å². The summed E-state index contributed by atoms with van der Waals surface area (Å²) in [5.41, 5.74) is 2.25. The lowest BCUT2D eigenvalue weighted by atomic mass is 10.1. The van der Waals surface area contributed by atoms with Gasteiger partial charge in [-0.3, -0.25) is 10.1 Å². The number of nitrogens with zero attached hydrogens (tertiary/aromatic N) is 1. The van der Waals surface area contributed by atoms with E-state index in [9.17, 15) is 14.7 Å². The second-order valence-electron chi connectivity index (χ2n) is 13.7. The fourth-order valence-corrected chi connectivity index (χ4v) is 12.1. The van der Waals surface area contributed by atoms with Gasteiger partial charge in [0.15, 0.2) is 14.1 Å². The Morgan fingerprint density at radius 3 is 2.10 bits per heavy atom. The first-order valence-corrected chi connectivity index (χ1v) is 20.1. The standard InChI is InChI=1S/C32H54N2O6Si2/c1-14-15-24-16-25(20-39-41(12,13)32(8,9)10)34(19-24)30(35)26-17-28(38-11)29(18-27(26)33-31(36)37)40-42(21(2)3,22(4)5)23(6)7/h14-15,17-19,21-23,25,33H,16,20H2,1-13H3,(H,36,37). The summed E-state index contributed by atoms with van der Waals surface area (Å²) >= 11 is 0. The van der Waals surface area contributed by atoms with E-state index in [1.54, 1.807) is 24.1 Å². The van der Waals surface area contributed by atoms with Crippen LogP contribution in [0.25, 0.3) is 0 Å². The van der Waals surface area contributed by atoms with E-state index in [2.05, 4.69) is 80.7 Å². The molecular weight excluding hydrogens is 565 g/mol. The number of carbonyl (C=O) groups is 2. The van der Waals surface area contributed by atoms with Gasteiger partial charge in [0.25, 0.3) is 14.2 Å². The van der Waals surface area contributed by atoms with Crippen molar-refractivity contribution >= 4 is 34.3 Å². The van der Waals surface area contributed by atoms with E-state index in [4.69, 9.17) is 13.6 Å². The maximum Gasteiger partial charge on any atom is 0.409 e. The first-order valence-electron chi connectivity index (χ1n) is 15.0. The highest BCUT2D eigenvalue weighted by Crippen LogP contribution is 2.46. The minimum absolute atomic E-state index is 0.0301. The molecule has 0 bridgehead atoms. The van der Waals surface area contributed by atoms with Crippen molar-refractivity contribution in [2.24, 2.45) is 0 Å². The lowest BCUT2D eigenvalue weighted by Gasteiger charge is -2.42. The van der Waals surface area contributed by atoms with Crippen molar-refractivity contribution in [2.45, 2.75) is 116 Å². The Bertz CT molecular complexity index is 1160. The molecule has 0 fully saturated rings. The zero-order chi connectivity index (χ0) is 32.2. The van der Waals surface area contributed by atoms with Crippen LogP contribution in [-0.4, -0.2) is 58.4 Å². The van der Waals surface area contributed by atoms with E-state index in [1.807, 2.05) is 25.3 Å². The molecule has 2 amide bonds. The van der Waals surface area contributed by atoms with Gasteiger partial charge in [-0.2, -0.15) is 0 Å². The molecule has 1 aliphatic rings. The maximum absolute atomic E-state index is 14.2. The van der Waals surface area contributed by atoms with Crippen LogP contribution in [-0.2, 0) is 4.43 Å². The number of anilines is 1. The molecule has 1 atom stereocenters. The third-order valence-corrected chi connectivity index (χ3v) is 19.5. The van der Waals surface area contributed by atoms with E-state index < -0.39 is 22.7 Å².